The fourth-order valence-corrected chi connectivity index (χ4v) is 3.28. The number of ether oxygens (including phenoxy) is 2. The zero-order valence-corrected chi connectivity index (χ0v) is 15.0. The molecule has 0 saturated heterocycles. The molecule has 5 heteroatoms. The van der Waals surface area contributed by atoms with Crippen molar-refractivity contribution in [2.24, 2.45) is 0 Å². The van der Waals surface area contributed by atoms with E-state index in [0.717, 1.165) is 22.3 Å². The Morgan fingerprint density at radius 3 is 2.85 bits per heavy atom. The summed E-state index contributed by atoms with van der Waals surface area (Å²) in [7, 11) is 1.63. The maximum absolute atomic E-state index is 12.8. The second kappa shape index (κ2) is 7.60. The predicted molar refractivity (Wildman–Crippen MR) is 103 cm³/mol. The van der Waals surface area contributed by atoms with Crippen molar-refractivity contribution in [3.05, 3.63) is 83.7 Å². The van der Waals surface area contributed by atoms with Gasteiger partial charge in [-0.3, -0.25) is 9.78 Å². The van der Waals surface area contributed by atoms with Gasteiger partial charge in [-0.1, -0.05) is 30.3 Å². The molecule has 0 saturated carbocycles. The molecular formula is C22H20N2O3. The maximum Gasteiger partial charge on any atom is 0.251 e. The number of hydrogen-bond acceptors (Lipinski definition) is 4. The molecule has 1 unspecified atom stereocenters. The molecule has 1 amide bonds. The van der Waals surface area contributed by atoms with E-state index in [2.05, 4.69) is 10.3 Å². The van der Waals surface area contributed by atoms with E-state index in [4.69, 9.17) is 9.47 Å². The van der Waals surface area contributed by atoms with Crippen LogP contribution in [0.25, 0.3) is 11.1 Å². The molecule has 1 aliphatic rings. The fourth-order valence-electron chi connectivity index (χ4n) is 3.28. The molecular weight excluding hydrogens is 340 g/mol. The van der Waals surface area contributed by atoms with Gasteiger partial charge in [-0.2, -0.15) is 0 Å². The van der Waals surface area contributed by atoms with Crippen molar-refractivity contribution in [1.82, 2.24) is 10.3 Å². The van der Waals surface area contributed by atoms with E-state index in [9.17, 15) is 4.79 Å². The van der Waals surface area contributed by atoms with Crippen LogP contribution in [0.5, 0.6) is 5.75 Å². The smallest absolute Gasteiger partial charge is 0.251 e. The van der Waals surface area contributed by atoms with Crippen molar-refractivity contribution in [2.45, 2.75) is 12.6 Å². The van der Waals surface area contributed by atoms with E-state index >= 15 is 0 Å². The van der Waals surface area contributed by atoms with Gasteiger partial charge in [0.05, 0.1) is 12.6 Å². The summed E-state index contributed by atoms with van der Waals surface area (Å²) in [6.07, 6.45) is 3.58. The molecule has 136 valence electrons. The summed E-state index contributed by atoms with van der Waals surface area (Å²) in [5.74, 6) is 0.553. The van der Waals surface area contributed by atoms with E-state index in [-0.39, 0.29) is 11.9 Å². The molecule has 2 heterocycles. The van der Waals surface area contributed by atoms with Gasteiger partial charge in [0.2, 0.25) is 0 Å². The fraction of sp³-hybridized carbons (Fsp3) is 0.182. The van der Waals surface area contributed by atoms with E-state index in [0.29, 0.717) is 24.5 Å². The molecule has 0 radical (unpaired) electrons. The van der Waals surface area contributed by atoms with Gasteiger partial charge in [0.25, 0.3) is 5.91 Å². The third-order valence-electron chi connectivity index (χ3n) is 4.66. The number of nitrogens with zero attached hydrogens (tertiary/aromatic N) is 1. The first-order valence-corrected chi connectivity index (χ1v) is 8.81. The quantitative estimate of drug-likeness (QED) is 0.753. The highest BCUT2D eigenvalue weighted by Crippen LogP contribution is 2.37. The van der Waals surface area contributed by atoms with Crippen LogP contribution >= 0.6 is 0 Å². The number of benzene rings is 2. The minimum atomic E-state index is -0.215. The van der Waals surface area contributed by atoms with Gasteiger partial charge in [0.1, 0.15) is 12.4 Å². The lowest BCUT2D eigenvalue weighted by atomic mass is 9.97. The standard InChI is InChI=1S/C22H20N2O3/c1-26-14-20(15-5-3-2-4-6-15)24-22(25)16-7-8-19-18-9-10-23-12-17(18)13-27-21(19)11-16/h2-12,20H,13-14H2,1H3,(H,24,25). The molecule has 0 bridgehead atoms. The number of nitrogens with one attached hydrogen (secondary N) is 1. The van der Waals surface area contributed by atoms with Crippen LogP contribution in [0.15, 0.2) is 67.0 Å². The second-order valence-corrected chi connectivity index (χ2v) is 6.42. The van der Waals surface area contributed by atoms with Gasteiger partial charge in [-0.25, -0.2) is 0 Å². The summed E-state index contributed by atoms with van der Waals surface area (Å²) >= 11 is 0. The third kappa shape index (κ3) is 3.55. The number of methoxy groups -OCH3 is 1. The van der Waals surface area contributed by atoms with Crippen LogP contribution in [-0.2, 0) is 11.3 Å². The van der Waals surface area contributed by atoms with Crippen molar-refractivity contribution in [3.8, 4) is 16.9 Å². The molecule has 0 spiro atoms. The summed E-state index contributed by atoms with van der Waals surface area (Å²) in [6.45, 7) is 0.856. The maximum atomic E-state index is 12.8. The van der Waals surface area contributed by atoms with Crippen LogP contribution < -0.4 is 10.1 Å². The van der Waals surface area contributed by atoms with Crippen molar-refractivity contribution in [2.75, 3.05) is 13.7 Å². The number of rotatable bonds is 5. The first-order chi connectivity index (χ1) is 13.3. The molecule has 5 nitrogen and oxygen atoms in total. The Kier molecular flexibility index (Phi) is 4.85. The van der Waals surface area contributed by atoms with E-state index in [1.54, 1.807) is 19.4 Å². The highest BCUT2D eigenvalue weighted by molar-refractivity contribution is 5.96. The van der Waals surface area contributed by atoms with Crippen LogP contribution in [0.2, 0.25) is 0 Å². The topological polar surface area (TPSA) is 60.5 Å². The number of fused-ring (bicyclic) bond motifs is 3. The lowest BCUT2D eigenvalue weighted by Gasteiger charge is -2.22. The summed E-state index contributed by atoms with van der Waals surface area (Å²) in [5, 5.41) is 3.05. The minimum Gasteiger partial charge on any atom is -0.488 e. The van der Waals surface area contributed by atoms with Gasteiger partial charge >= 0.3 is 0 Å². The Morgan fingerprint density at radius 1 is 1.19 bits per heavy atom. The monoisotopic (exact) mass is 360 g/mol. The molecule has 2 aromatic carbocycles. The molecule has 3 aromatic rings. The number of carbonyl (C=O) groups excluding carboxylic acids is 1. The van der Waals surface area contributed by atoms with Gasteiger partial charge in [0.15, 0.2) is 0 Å². The number of carbonyl (C=O) groups is 1. The van der Waals surface area contributed by atoms with E-state index in [1.165, 1.54) is 0 Å². The number of amides is 1. The van der Waals surface area contributed by atoms with Gasteiger partial charge in [0, 0.05) is 36.2 Å². The Balaban J connectivity index is 1.58. The zero-order valence-electron chi connectivity index (χ0n) is 15.0. The summed E-state index contributed by atoms with van der Waals surface area (Å²) in [4.78, 5) is 16.9. The molecule has 0 fully saturated rings. The SMILES string of the molecule is COCC(NC(=O)c1ccc2c(c1)OCc1cnccc1-2)c1ccccc1. The van der Waals surface area contributed by atoms with E-state index in [1.807, 2.05) is 54.7 Å². The largest absolute Gasteiger partial charge is 0.488 e. The molecule has 27 heavy (non-hydrogen) atoms. The Labute approximate surface area is 158 Å². The molecule has 4 rings (SSSR count). The summed E-state index contributed by atoms with van der Waals surface area (Å²) < 4.78 is 11.1. The van der Waals surface area contributed by atoms with Gasteiger partial charge in [-0.05, 0) is 35.4 Å². The van der Waals surface area contributed by atoms with Crippen molar-refractivity contribution in [1.29, 1.82) is 0 Å². The average Bonchev–Trinajstić information content (AvgIpc) is 2.73. The number of pyridine rings is 1. The molecule has 1 atom stereocenters. The average molecular weight is 360 g/mol. The number of hydrogen-bond donors (Lipinski definition) is 1. The Bertz CT molecular complexity index is 957. The van der Waals surface area contributed by atoms with Crippen LogP contribution in [0.3, 0.4) is 0 Å². The van der Waals surface area contributed by atoms with Crippen LogP contribution in [0, 0.1) is 0 Å². The molecule has 1 N–H and O–H groups in total. The summed E-state index contributed by atoms with van der Waals surface area (Å²) in [5.41, 5.74) is 4.68. The Hall–Kier alpha value is -3.18. The predicted octanol–water partition coefficient (Wildman–Crippen LogP) is 3.76. The van der Waals surface area contributed by atoms with Crippen molar-refractivity contribution in [3.63, 3.8) is 0 Å². The normalized spacial score (nSPS) is 13.1. The molecule has 0 aliphatic carbocycles. The molecule has 1 aliphatic heterocycles. The zero-order chi connectivity index (χ0) is 18.6. The first kappa shape index (κ1) is 17.2. The van der Waals surface area contributed by atoms with Gasteiger partial charge < -0.3 is 14.8 Å². The highest BCUT2D eigenvalue weighted by atomic mass is 16.5. The lowest BCUT2D eigenvalue weighted by Crippen LogP contribution is -2.31. The first-order valence-electron chi connectivity index (χ1n) is 8.81. The third-order valence-corrected chi connectivity index (χ3v) is 4.66. The van der Waals surface area contributed by atoms with Crippen LogP contribution in [0.4, 0.5) is 0 Å². The summed E-state index contributed by atoms with van der Waals surface area (Å²) in [6, 6.07) is 17.1. The number of aromatic nitrogens is 1. The highest BCUT2D eigenvalue weighted by Gasteiger charge is 2.20. The van der Waals surface area contributed by atoms with Crippen LogP contribution in [-0.4, -0.2) is 24.6 Å². The van der Waals surface area contributed by atoms with Gasteiger partial charge in [-0.15, -0.1) is 0 Å². The van der Waals surface area contributed by atoms with Crippen molar-refractivity contribution < 1.29 is 14.3 Å². The second-order valence-electron chi connectivity index (χ2n) is 6.42. The van der Waals surface area contributed by atoms with E-state index < -0.39 is 0 Å². The molecule has 1 aromatic heterocycles. The van der Waals surface area contributed by atoms with Crippen molar-refractivity contribution >= 4 is 5.91 Å². The lowest BCUT2D eigenvalue weighted by molar-refractivity contribution is 0.0896. The van der Waals surface area contributed by atoms with Crippen LogP contribution in [0.1, 0.15) is 27.5 Å². The Morgan fingerprint density at radius 2 is 2.04 bits per heavy atom. The minimum absolute atomic E-state index is 0.159.